The van der Waals surface area contributed by atoms with Crippen molar-refractivity contribution in [2.75, 3.05) is 0 Å². The Morgan fingerprint density at radius 3 is 2.54 bits per heavy atom. The molecular weight excluding hydrogens is 319 g/mol. The first kappa shape index (κ1) is 15.8. The standard InChI is InChI=1S/C18H10F3NO2/c19-18(20,21)14-4-2-1-3-12(14)17-10-15(23)13-9-11(7-8-22)5-6-16(13)24-17/h1-6,9-10H,7H2. The van der Waals surface area contributed by atoms with Gasteiger partial charge in [0.25, 0.3) is 0 Å². The summed E-state index contributed by atoms with van der Waals surface area (Å²) in [7, 11) is 0. The van der Waals surface area contributed by atoms with Crippen LogP contribution in [0.4, 0.5) is 13.2 Å². The molecule has 3 nitrogen and oxygen atoms in total. The molecule has 0 fully saturated rings. The summed E-state index contributed by atoms with van der Waals surface area (Å²) in [5.74, 6) is -0.145. The molecule has 0 amide bonds. The second kappa shape index (κ2) is 5.85. The van der Waals surface area contributed by atoms with Crippen molar-refractivity contribution in [2.45, 2.75) is 12.6 Å². The van der Waals surface area contributed by atoms with Crippen molar-refractivity contribution in [3.05, 3.63) is 69.9 Å². The van der Waals surface area contributed by atoms with Crippen LogP contribution in [0, 0.1) is 11.3 Å². The van der Waals surface area contributed by atoms with E-state index >= 15 is 0 Å². The monoisotopic (exact) mass is 329 g/mol. The minimum absolute atomic E-state index is 0.133. The van der Waals surface area contributed by atoms with Crippen LogP contribution in [0.15, 0.2) is 57.7 Å². The highest BCUT2D eigenvalue weighted by Crippen LogP contribution is 2.37. The predicted octanol–water partition coefficient (Wildman–Crippen LogP) is 4.54. The number of rotatable bonds is 2. The van der Waals surface area contributed by atoms with Crippen LogP contribution in [-0.4, -0.2) is 0 Å². The Morgan fingerprint density at radius 1 is 1.08 bits per heavy atom. The summed E-state index contributed by atoms with van der Waals surface area (Å²) in [6, 6.07) is 12.6. The third kappa shape index (κ3) is 2.88. The van der Waals surface area contributed by atoms with E-state index in [1.54, 1.807) is 6.07 Å². The highest BCUT2D eigenvalue weighted by Gasteiger charge is 2.34. The summed E-state index contributed by atoms with van der Waals surface area (Å²) in [4.78, 5) is 12.3. The van der Waals surface area contributed by atoms with Gasteiger partial charge in [-0.3, -0.25) is 4.79 Å². The zero-order chi connectivity index (χ0) is 17.3. The lowest BCUT2D eigenvalue weighted by atomic mass is 10.0. The fourth-order valence-corrected chi connectivity index (χ4v) is 2.48. The average Bonchev–Trinajstić information content (AvgIpc) is 2.55. The van der Waals surface area contributed by atoms with Crippen LogP contribution >= 0.6 is 0 Å². The first-order valence-electron chi connectivity index (χ1n) is 7.00. The smallest absolute Gasteiger partial charge is 0.417 e. The number of alkyl halides is 3. The molecule has 2 aromatic carbocycles. The van der Waals surface area contributed by atoms with Crippen LogP contribution in [0.5, 0.6) is 0 Å². The molecule has 0 radical (unpaired) electrons. The van der Waals surface area contributed by atoms with E-state index in [0.717, 1.165) is 12.1 Å². The van der Waals surface area contributed by atoms with Gasteiger partial charge in [-0.05, 0) is 23.8 Å². The molecule has 0 bridgehead atoms. The molecule has 0 N–H and O–H groups in total. The molecule has 0 saturated carbocycles. The van der Waals surface area contributed by atoms with Crippen molar-refractivity contribution >= 4 is 11.0 Å². The van der Waals surface area contributed by atoms with Crippen molar-refractivity contribution in [2.24, 2.45) is 0 Å². The number of fused-ring (bicyclic) bond motifs is 1. The number of hydrogen-bond acceptors (Lipinski definition) is 3. The molecule has 1 aromatic heterocycles. The van der Waals surface area contributed by atoms with Gasteiger partial charge in [0.15, 0.2) is 5.43 Å². The Morgan fingerprint density at radius 2 is 1.83 bits per heavy atom. The normalized spacial score (nSPS) is 11.4. The Bertz CT molecular complexity index is 1010. The van der Waals surface area contributed by atoms with Crippen LogP contribution < -0.4 is 5.43 Å². The van der Waals surface area contributed by atoms with Gasteiger partial charge in [0.1, 0.15) is 11.3 Å². The number of nitrogens with zero attached hydrogens (tertiary/aromatic N) is 1. The van der Waals surface area contributed by atoms with Crippen molar-refractivity contribution < 1.29 is 17.6 Å². The molecule has 120 valence electrons. The fourth-order valence-electron chi connectivity index (χ4n) is 2.48. The molecule has 0 atom stereocenters. The summed E-state index contributed by atoms with van der Waals surface area (Å²) < 4.78 is 44.9. The second-order valence-corrected chi connectivity index (χ2v) is 5.18. The molecule has 6 heteroatoms. The van der Waals surface area contributed by atoms with E-state index in [1.807, 2.05) is 6.07 Å². The molecule has 3 aromatic rings. The van der Waals surface area contributed by atoms with Gasteiger partial charge in [0.2, 0.25) is 0 Å². The Kier molecular flexibility index (Phi) is 3.86. The van der Waals surface area contributed by atoms with Gasteiger partial charge in [-0.2, -0.15) is 18.4 Å². The molecule has 1 heterocycles. The van der Waals surface area contributed by atoms with Gasteiger partial charge in [-0.15, -0.1) is 0 Å². The van der Waals surface area contributed by atoms with Crippen molar-refractivity contribution in [3.8, 4) is 17.4 Å². The molecule has 0 spiro atoms. The lowest BCUT2D eigenvalue weighted by Gasteiger charge is -2.12. The molecule has 0 aliphatic heterocycles. The number of halogens is 3. The van der Waals surface area contributed by atoms with Gasteiger partial charge in [0, 0.05) is 11.6 Å². The van der Waals surface area contributed by atoms with Gasteiger partial charge in [0.05, 0.1) is 23.4 Å². The van der Waals surface area contributed by atoms with Gasteiger partial charge < -0.3 is 4.42 Å². The zero-order valence-corrected chi connectivity index (χ0v) is 12.2. The zero-order valence-electron chi connectivity index (χ0n) is 12.2. The largest absolute Gasteiger partial charge is 0.456 e. The van der Waals surface area contributed by atoms with Crippen LogP contribution in [0.3, 0.4) is 0 Å². The summed E-state index contributed by atoms with van der Waals surface area (Å²) in [5, 5.41) is 8.93. The maximum absolute atomic E-state index is 13.1. The highest BCUT2D eigenvalue weighted by atomic mass is 19.4. The summed E-state index contributed by atoms with van der Waals surface area (Å²) in [5.41, 5.74) is -0.696. The van der Waals surface area contributed by atoms with Crippen LogP contribution in [0.1, 0.15) is 11.1 Å². The van der Waals surface area contributed by atoms with Crippen molar-refractivity contribution in [1.29, 1.82) is 5.26 Å². The first-order valence-corrected chi connectivity index (χ1v) is 7.00. The minimum Gasteiger partial charge on any atom is -0.456 e. The molecule has 0 aliphatic carbocycles. The molecule has 0 saturated heterocycles. The van der Waals surface area contributed by atoms with Gasteiger partial charge >= 0.3 is 6.18 Å². The van der Waals surface area contributed by atoms with E-state index in [0.29, 0.717) is 5.56 Å². The fraction of sp³-hybridized carbons (Fsp3) is 0.111. The summed E-state index contributed by atoms with van der Waals surface area (Å²) in [6.07, 6.45) is -4.42. The van der Waals surface area contributed by atoms with Crippen LogP contribution in [0.25, 0.3) is 22.3 Å². The van der Waals surface area contributed by atoms with Gasteiger partial charge in [-0.1, -0.05) is 24.3 Å². The lowest BCUT2D eigenvalue weighted by Crippen LogP contribution is -2.08. The molecule has 0 unspecified atom stereocenters. The second-order valence-electron chi connectivity index (χ2n) is 5.18. The quantitative estimate of drug-likeness (QED) is 0.693. The van der Waals surface area contributed by atoms with Crippen LogP contribution in [0.2, 0.25) is 0 Å². The van der Waals surface area contributed by atoms with Gasteiger partial charge in [-0.25, -0.2) is 0 Å². The molecular formula is C18H10F3NO2. The SMILES string of the molecule is N#CCc1ccc2oc(-c3ccccc3C(F)(F)F)cc(=O)c2c1. The van der Waals surface area contributed by atoms with Crippen LogP contribution in [-0.2, 0) is 12.6 Å². The van der Waals surface area contributed by atoms with Crippen molar-refractivity contribution in [1.82, 2.24) is 0 Å². The average molecular weight is 329 g/mol. The summed E-state index contributed by atoms with van der Waals surface area (Å²) in [6.45, 7) is 0. The third-order valence-corrected chi connectivity index (χ3v) is 3.57. The van der Waals surface area contributed by atoms with E-state index < -0.39 is 17.2 Å². The number of benzene rings is 2. The first-order chi connectivity index (χ1) is 11.4. The number of hydrogen-bond donors (Lipinski definition) is 0. The Balaban J connectivity index is 2.22. The molecule has 0 aliphatic rings. The Hall–Kier alpha value is -3.07. The lowest BCUT2D eigenvalue weighted by molar-refractivity contribution is -0.137. The van der Waals surface area contributed by atoms with E-state index in [-0.39, 0.29) is 28.7 Å². The van der Waals surface area contributed by atoms with E-state index in [9.17, 15) is 18.0 Å². The highest BCUT2D eigenvalue weighted by molar-refractivity contribution is 5.80. The van der Waals surface area contributed by atoms with E-state index in [1.165, 1.54) is 30.3 Å². The maximum Gasteiger partial charge on any atom is 0.417 e. The predicted molar refractivity (Wildman–Crippen MR) is 82.2 cm³/mol. The molecule has 3 rings (SSSR count). The van der Waals surface area contributed by atoms with E-state index in [4.69, 9.17) is 9.68 Å². The van der Waals surface area contributed by atoms with E-state index in [2.05, 4.69) is 0 Å². The maximum atomic E-state index is 13.1. The minimum atomic E-state index is -4.55. The number of nitriles is 1. The Labute approximate surface area is 134 Å². The summed E-state index contributed by atoms with van der Waals surface area (Å²) >= 11 is 0. The van der Waals surface area contributed by atoms with Crippen molar-refractivity contribution in [3.63, 3.8) is 0 Å². The topological polar surface area (TPSA) is 54.0 Å². The third-order valence-electron chi connectivity index (χ3n) is 3.57. The molecule has 24 heavy (non-hydrogen) atoms.